The highest BCUT2D eigenvalue weighted by Gasteiger charge is 2.33. The second kappa shape index (κ2) is 12.6. The number of hydrogen-bond acceptors (Lipinski definition) is 7. The molecule has 38 heavy (non-hydrogen) atoms. The van der Waals surface area contributed by atoms with Crippen LogP contribution >= 0.6 is 0 Å². The Hall–Kier alpha value is -3.90. The number of carbonyl (C=O) groups is 3. The number of unbranched alkanes of at least 4 members (excludes halogenated alkanes) is 1. The smallest absolute Gasteiger partial charge is 0.329 e. The molecule has 0 saturated carbocycles. The van der Waals surface area contributed by atoms with Gasteiger partial charge in [0.25, 0.3) is 0 Å². The van der Waals surface area contributed by atoms with Crippen molar-refractivity contribution in [2.75, 3.05) is 19.6 Å². The number of nitrogens with one attached hydrogen (secondary N) is 3. The lowest BCUT2D eigenvalue weighted by Crippen LogP contribution is -2.45. The summed E-state index contributed by atoms with van der Waals surface area (Å²) in [4.78, 5) is 38.2. The highest BCUT2D eigenvalue weighted by molar-refractivity contribution is 5.87. The molecule has 0 spiro atoms. The van der Waals surface area contributed by atoms with E-state index < -0.39 is 30.1 Å². The Morgan fingerprint density at radius 2 is 1.97 bits per heavy atom. The minimum atomic E-state index is -1.58. The SMILES string of the molecule is Cc1c(C(O)C(NC(=O)CCCCNC(=O)C(N)CC2=CCN(C(=N)N)C2)C(=O)O)oc2c(C)cccc12. The number of fused-ring (bicyclic) bond motifs is 1. The fraction of sp³-hybridized carbons (Fsp3) is 0.462. The summed E-state index contributed by atoms with van der Waals surface area (Å²) in [5.74, 6) is -2.16. The van der Waals surface area contributed by atoms with Crippen LogP contribution in [0.2, 0.25) is 0 Å². The van der Waals surface area contributed by atoms with Gasteiger partial charge in [0, 0.05) is 37.0 Å². The van der Waals surface area contributed by atoms with Crippen LogP contribution in [0.15, 0.2) is 34.3 Å². The molecule has 206 valence electrons. The first-order valence-electron chi connectivity index (χ1n) is 12.5. The van der Waals surface area contributed by atoms with E-state index in [2.05, 4.69) is 10.6 Å². The lowest BCUT2D eigenvalue weighted by Gasteiger charge is -2.19. The minimum absolute atomic E-state index is 0.0183. The molecule has 2 aromatic rings. The van der Waals surface area contributed by atoms with Crippen LogP contribution in [-0.2, 0) is 14.4 Å². The van der Waals surface area contributed by atoms with E-state index in [0.717, 1.165) is 16.5 Å². The zero-order chi connectivity index (χ0) is 28.0. The molecule has 1 aromatic heterocycles. The summed E-state index contributed by atoms with van der Waals surface area (Å²) >= 11 is 0. The van der Waals surface area contributed by atoms with Crippen molar-refractivity contribution in [3.8, 4) is 0 Å². The van der Waals surface area contributed by atoms with Gasteiger partial charge in [0.2, 0.25) is 11.8 Å². The Balaban J connectivity index is 1.43. The fourth-order valence-electron chi connectivity index (χ4n) is 4.43. The lowest BCUT2D eigenvalue weighted by atomic mass is 10.0. The molecule has 9 N–H and O–H groups in total. The Labute approximate surface area is 220 Å². The second-order valence-electron chi connectivity index (χ2n) is 9.56. The molecule has 0 fully saturated rings. The number of benzene rings is 1. The number of hydrogen-bond donors (Lipinski definition) is 7. The third kappa shape index (κ3) is 6.90. The van der Waals surface area contributed by atoms with Crippen molar-refractivity contribution in [3.63, 3.8) is 0 Å². The molecule has 0 aliphatic carbocycles. The maximum absolute atomic E-state index is 12.4. The number of carboxylic acids is 1. The number of aryl methyl sites for hydroxylation is 2. The number of nitrogens with two attached hydrogens (primary N) is 2. The standard InChI is InChI=1S/C26H36N6O6/c1-14-6-5-7-17-15(2)23(38-22(14)17)21(34)20(25(36)37)31-19(33)8-3-4-10-30-24(35)18(27)12-16-9-11-32(13-16)26(28)29/h5-7,9,18,20-21,34H,3-4,8,10-13,27H2,1-2H3,(H3,28,29)(H,30,35)(H,31,33)(H,36,37). The van der Waals surface area contributed by atoms with Crippen molar-refractivity contribution in [2.24, 2.45) is 11.5 Å². The van der Waals surface area contributed by atoms with Crippen molar-refractivity contribution in [2.45, 2.75) is 57.7 Å². The van der Waals surface area contributed by atoms with Gasteiger partial charge in [0.1, 0.15) is 17.4 Å². The lowest BCUT2D eigenvalue weighted by molar-refractivity contribution is -0.145. The number of aliphatic hydroxyl groups excluding tert-OH is 1. The van der Waals surface area contributed by atoms with E-state index in [1.54, 1.807) is 11.8 Å². The van der Waals surface area contributed by atoms with Gasteiger partial charge in [-0.1, -0.05) is 29.8 Å². The average Bonchev–Trinajstić information content (AvgIpc) is 3.47. The van der Waals surface area contributed by atoms with E-state index in [1.165, 1.54) is 0 Å². The number of nitrogens with zero attached hydrogens (tertiary/aromatic N) is 1. The summed E-state index contributed by atoms with van der Waals surface area (Å²) in [7, 11) is 0. The third-order valence-corrected chi connectivity index (χ3v) is 6.65. The topological polar surface area (TPSA) is 208 Å². The summed E-state index contributed by atoms with van der Waals surface area (Å²) in [6.45, 7) is 4.90. The first kappa shape index (κ1) is 28.7. The molecule has 0 radical (unpaired) electrons. The van der Waals surface area contributed by atoms with Crippen molar-refractivity contribution in [1.29, 1.82) is 5.41 Å². The second-order valence-corrected chi connectivity index (χ2v) is 9.56. The first-order valence-corrected chi connectivity index (χ1v) is 12.5. The number of amides is 2. The van der Waals surface area contributed by atoms with E-state index >= 15 is 0 Å². The van der Waals surface area contributed by atoms with Crippen LogP contribution in [0.5, 0.6) is 0 Å². The van der Waals surface area contributed by atoms with E-state index in [9.17, 15) is 24.6 Å². The van der Waals surface area contributed by atoms with Gasteiger partial charge in [0.15, 0.2) is 12.0 Å². The van der Waals surface area contributed by atoms with Gasteiger partial charge in [-0.3, -0.25) is 15.0 Å². The summed E-state index contributed by atoms with van der Waals surface area (Å²) < 4.78 is 5.78. The molecule has 1 aliphatic heterocycles. The van der Waals surface area contributed by atoms with E-state index in [1.807, 2.05) is 31.2 Å². The molecule has 0 bridgehead atoms. The molecule has 2 amide bonds. The number of para-hydroxylation sites is 1. The minimum Gasteiger partial charge on any atom is -0.480 e. The molecule has 2 heterocycles. The summed E-state index contributed by atoms with van der Waals surface area (Å²) in [6, 6.07) is 3.21. The normalized spacial score (nSPS) is 15.6. The number of aliphatic carboxylic acids is 1. The van der Waals surface area contributed by atoms with E-state index in [-0.39, 0.29) is 24.0 Å². The van der Waals surface area contributed by atoms with Gasteiger partial charge < -0.3 is 41.6 Å². The number of aliphatic hydroxyl groups is 1. The van der Waals surface area contributed by atoms with Crippen LogP contribution in [0.4, 0.5) is 0 Å². The number of rotatable bonds is 12. The number of carboxylic acid groups (broad SMARTS) is 1. The highest BCUT2D eigenvalue weighted by atomic mass is 16.4. The quantitative estimate of drug-likeness (QED) is 0.0897. The molecule has 1 aliphatic rings. The number of guanidine groups is 1. The maximum atomic E-state index is 12.4. The third-order valence-electron chi connectivity index (χ3n) is 6.65. The van der Waals surface area contributed by atoms with Crippen LogP contribution < -0.4 is 22.1 Å². The van der Waals surface area contributed by atoms with Gasteiger partial charge in [-0.25, -0.2) is 4.79 Å². The molecule has 12 heteroatoms. The van der Waals surface area contributed by atoms with Crippen molar-refractivity contribution >= 4 is 34.7 Å². The molecule has 0 saturated heterocycles. The molecule has 12 nitrogen and oxygen atoms in total. The predicted molar refractivity (Wildman–Crippen MR) is 141 cm³/mol. The molecule has 3 rings (SSSR count). The maximum Gasteiger partial charge on any atom is 0.329 e. The summed E-state index contributed by atoms with van der Waals surface area (Å²) in [5.41, 5.74) is 14.4. The van der Waals surface area contributed by atoms with Crippen LogP contribution in [0.25, 0.3) is 11.0 Å². The van der Waals surface area contributed by atoms with Gasteiger partial charge in [-0.15, -0.1) is 0 Å². The van der Waals surface area contributed by atoms with E-state index in [0.29, 0.717) is 50.0 Å². The van der Waals surface area contributed by atoms with Crippen LogP contribution in [0, 0.1) is 19.3 Å². The summed E-state index contributed by atoms with van der Waals surface area (Å²) in [6.07, 6.45) is 1.60. The van der Waals surface area contributed by atoms with Crippen LogP contribution in [-0.4, -0.2) is 70.6 Å². The zero-order valence-electron chi connectivity index (χ0n) is 21.6. The van der Waals surface area contributed by atoms with Gasteiger partial charge in [-0.05, 0) is 38.7 Å². The zero-order valence-corrected chi connectivity index (χ0v) is 21.6. The first-order chi connectivity index (χ1) is 18.0. The van der Waals surface area contributed by atoms with Crippen LogP contribution in [0.1, 0.15) is 48.7 Å². The number of carbonyl (C=O) groups excluding carboxylic acids is 2. The van der Waals surface area contributed by atoms with Gasteiger partial charge in [-0.2, -0.15) is 0 Å². The van der Waals surface area contributed by atoms with Crippen molar-refractivity contribution in [1.82, 2.24) is 15.5 Å². The molecule has 1 aromatic carbocycles. The molecular formula is C26H36N6O6. The fourth-order valence-corrected chi connectivity index (χ4v) is 4.43. The summed E-state index contributed by atoms with van der Waals surface area (Å²) in [5, 5.41) is 33.7. The average molecular weight is 529 g/mol. The predicted octanol–water partition coefficient (Wildman–Crippen LogP) is 0.792. The Morgan fingerprint density at radius 1 is 1.24 bits per heavy atom. The monoisotopic (exact) mass is 528 g/mol. The Kier molecular flexibility index (Phi) is 9.48. The molecule has 3 unspecified atom stereocenters. The van der Waals surface area contributed by atoms with Crippen molar-refractivity contribution < 1.29 is 29.0 Å². The number of furan rings is 1. The Bertz CT molecular complexity index is 1240. The molecule has 3 atom stereocenters. The van der Waals surface area contributed by atoms with Crippen molar-refractivity contribution in [3.05, 3.63) is 46.7 Å². The van der Waals surface area contributed by atoms with Gasteiger partial charge >= 0.3 is 5.97 Å². The molecular weight excluding hydrogens is 492 g/mol. The van der Waals surface area contributed by atoms with E-state index in [4.69, 9.17) is 21.3 Å². The van der Waals surface area contributed by atoms with Crippen LogP contribution in [0.3, 0.4) is 0 Å². The van der Waals surface area contributed by atoms with Gasteiger partial charge in [0.05, 0.1) is 6.04 Å². The highest BCUT2D eigenvalue weighted by Crippen LogP contribution is 2.32. The largest absolute Gasteiger partial charge is 0.480 e. The Morgan fingerprint density at radius 3 is 2.61 bits per heavy atom.